The molecule has 1 aliphatic rings. The highest BCUT2D eigenvalue weighted by molar-refractivity contribution is 5.93. The average Bonchev–Trinajstić information content (AvgIpc) is 3.25. The molecule has 0 unspecified atom stereocenters. The van der Waals surface area contributed by atoms with Gasteiger partial charge in [-0.1, -0.05) is 0 Å². The number of aromatic nitrogens is 5. The molecule has 4 heterocycles. The van der Waals surface area contributed by atoms with Crippen LogP contribution >= 0.6 is 0 Å². The summed E-state index contributed by atoms with van der Waals surface area (Å²) in [7, 11) is 3.34. The summed E-state index contributed by atoms with van der Waals surface area (Å²) in [6.45, 7) is 2.98. The molecule has 0 amide bonds. The predicted molar refractivity (Wildman–Crippen MR) is 119 cm³/mol. The van der Waals surface area contributed by atoms with E-state index in [2.05, 4.69) is 15.1 Å². The molecule has 1 aromatic carbocycles. The number of anilines is 1. The number of nitrogens with zero attached hydrogens (tertiary/aromatic N) is 6. The molecule has 8 nitrogen and oxygen atoms in total. The second-order valence-electron chi connectivity index (χ2n) is 8.25. The number of ether oxygens (including phenoxy) is 1. The quantitative estimate of drug-likeness (QED) is 0.429. The Morgan fingerprint density at radius 3 is 2.56 bits per heavy atom. The summed E-state index contributed by atoms with van der Waals surface area (Å²) in [4.78, 5) is 24.1. The lowest BCUT2D eigenvalue weighted by molar-refractivity contribution is 0.0395. The first-order chi connectivity index (χ1) is 16.2. The van der Waals surface area contributed by atoms with Crippen LogP contribution < -0.4 is 10.5 Å². The molecule has 4 aromatic rings. The molecule has 5 rings (SSSR count). The highest BCUT2D eigenvalue weighted by atomic mass is 19.2. The van der Waals surface area contributed by atoms with Crippen molar-refractivity contribution >= 4 is 16.7 Å². The van der Waals surface area contributed by atoms with Gasteiger partial charge in [-0.25, -0.2) is 23.1 Å². The van der Waals surface area contributed by atoms with E-state index >= 15 is 0 Å². The van der Waals surface area contributed by atoms with E-state index in [1.54, 1.807) is 23.9 Å². The summed E-state index contributed by atoms with van der Waals surface area (Å²) in [5.41, 5.74) is 0.305. The van der Waals surface area contributed by atoms with Crippen LogP contribution in [0.15, 0.2) is 35.4 Å². The molecular weight excluding hydrogens is 449 g/mol. The van der Waals surface area contributed by atoms with Gasteiger partial charge in [-0.05, 0) is 13.0 Å². The number of hydrogen-bond donors (Lipinski definition) is 0. The molecule has 1 aliphatic heterocycles. The van der Waals surface area contributed by atoms with Crippen LogP contribution in [0, 0.1) is 24.4 Å². The van der Waals surface area contributed by atoms with Crippen LogP contribution in [0.4, 0.5) is 19.0 Å². The molecule has 0 spiro atoms. The number of rotatable bonds is 3. The fourth-order valence-electron chi connectivity index (χ4n) is 4.11. The molecule has 11 heteroatoms. The Bertz CT molecular complexity index is 1480. The Morgan fingerprint density at radius 2 is 1.82 bits per heavy atom. The van der Waals surface area contributed by atoms with E-state index in [1.807, 2.05) is 18.1 Å². The summed E-state index contributed by atoms with van der Waals surface area (Å²) < 4.78 is 51.4. The number of halogens is 3. The Hall–Kier alpha value is -3.73. The third kappa shape index (κ3) is 3.71. The van der Waals surface area contributed by atoms with Gasteiger partial charge in [-0.15, -0.1) is 0 Å². The van der Waals surface area contributed by atoms with Gasteiger partial charge in [0, 0.05) is 56.6 Å². The standard InChI is InChI=1S/C23H21F3N6O2/c1-12-28-18-8-20(32-4-5-34-19(11-32)13-9-27-30(2)10-13)29-22(21(18)23(33)31(12)3)14-6-16(25)17(26)7-15(14)24/h6-10,19H,4-5,11H2,1-3H3/t19-/m1/s1. The summed E-state index contributed by atoms with van der Waals surface area (Å²) in [6.07, 6.45) is 3.30. The lowest BCUT2D eigenvalue weighted by Gasteiger charge is -2.33. The summed E-state index contributed by atoms with van der Waals surface area (Å²) in [5.74, 6) is -2.72. The average molecular weight is 470 g/mol. The number of benzene rings is 1. The molecule has 3 aromatic heterocycles. The summed E-state index contributed by atoms with van der Waals surface area (Å²) in [5, 5.41) is 4.21. The minimum absolute atomic E-state index is 0.0267. The first-order valence-corrected chi connectivity index (χ1v) is 10.6. The number of fused-ring (bicyclic) bond motifs is 1. The zero-order valence-corrected chi connectivity index (χ0v) is 18.7. The van der Waals surface area contributed by atoms with Crippen LogP contribution in [0.3, 0.4) is 0 Å². The molecular formula is C23H21F3N6O2. The van der Waals surface area contributed by atoms with E-state index in [0.29, 0.717) is 43.5 Å². The van der Waals surface area contributed by atoms with E-state index in [9.17, 15) is 18.0 Å². The maximum Gasteiger partial charge on any atom is 0.263 e. The maximum absolute atomic E-state index is 14.8. The van der Waals surface area contributed by atoms with Crippen LogP contribution in [-0.2, 0) is 18.8 Å². The Balaban J connectivity index is 1.69. The highest BCUT2D eigenvalue weighted by Crippen LogP contribution is 2.32. The third-order valence-corrected chi connectivity index (χ3v) is 6.02. The minimum atomic E-state index is -1.32. The fraction of sp³-hybridized carbons (Fsp3) is 0.304. The molecule has 1 saturated heterocycles. The van der Waals surface area contributed by atoms with Gasteiger partial charge in [0.05, 0.1) is 29.4 Å². The normalized spacial score (nSPS) is 16.4. The van der Waals surface area contributed by atoms with Gasteiger partial charge in [-0.2, -0.15) is 5.10 Å². The Labute approximate surface area is 192 Å². The fourth-order valence-corrected chi connectivity index (χ4v) is 4.11. The monoisotopic (exact) mass is 470 g/mol. The van der Waals surface area contributed by atoms with Crippen molar-refractivity contribution < 1.29 is 17.9 Å². The molecule has 0 aliphatic carbocycles. The van der Waals surface area contributed by atoms with Gasteiger partial charge in [0.15, 0.2) is 11.6 Å². The van der Waals surface area contributed by atoms with Gasteiger partial charge < -0.3 is 9.64 Å². The van der Waals surface area contributed by atoms with Crippen LogP contribution in [0.5, 0.6) is 0 Å². The Morgan fingerprint density at radius 1 is 1.06 bits per heavy atom. The van der Waals surface area contributed by atoms with Crippen molar-refractivity contribution in [1.29, 1.82) is 0 Å². The lowest BCUT2D eigenvalue weighted by atomic mass is 10.1. The van der Waals surface area contributed by atoms with Crippen molar-refractivity contribution in [3.63, 3.8) is 0 Å². The molecule has 0 radical (unpaired) electrons. The van der Waals surface area contributed by atoms with Crippen LogP contribution in [0.2, 0.25) is 0 Å². The first-order valence-electron chi connectivity index (χ1n) is 10.6. The van der Waals surface area contributed by atoms with Crippen molar-refractivity contribution in [2.24, 2.45) is 14.1 Å². The van der Waals surface area contributed by atoms with Gasteiger partial charge >= 0.3 is 0 Å². The second-order valence-corrected chi connectivity index (χ2v) is 8.25. The van der Waals surface area contributed by atoms with Crippen molar-refractivity contribution in [2.75, 3.05) is 24.6 Å². The largest absolute Gasteiger partial charge is 0.370 e. The van der Waals surface area contributed by atoms with Gasteiger partial charge in [0.25, 0.3) is 5.56 Å². The second kappa shape index (κ2) is 8.24. The zero-order chi connectivity index (χ0) is 24.1. The molecule has 0 saturated carbocycles. The molecule has 1 fully saturated rings. The zero-order valence-electron chi connectivity index (χ0n) is 18.7. The van der Waals surface area contributed by atoms with Gasteiger partial charge in [-0.3, -0.25) is 14.0 Å². The Kier molecular flexibility index (Phi) is 5.35. The topological polar surface area (TPSA) is 78.1 Å². The number of aryl methyl sites for hydroxylation is 2. The lowest BCUT2D eigenvalue weighted by Crippen LogP contribution is -2.39. The van der Waals surface area contributed by atoms with Crippen LogP contribution in [0.25, 0.3) is 22.2 Å². The van der Waals surface area contributed by atoms with Gasteiger partial charge in [0.2, 0.25) is 0 Å². The smallest absolute Gasteiger partial charge is 0.263 e. The van der Waals surface area contributed by atoms with Crippen molar-refractivity contribution in [3.05, 3.63) is 69.8 Å². The molecule has 34 heavy (non-hydrogen) atoms. The van der Waals surface area contributed by atoms with E-state index < -0.39 is 23.0 Å². The van der Waals surface area contributed by atoms with E-state index in [1.165, 1.54) is 11.6 Å². The molecule has 0 bridgehead atoms. The minimum Gasteiger partial charge on any atom is -0.370 e. The highest BCUT2D eigenvalue weighted by Gasteiger charge is 2.27. The van der Waals surface area contributed by atoms with E-state index in [-0.39, 0.29) is 28.3 Å². The third-order valence-electron chi connectivity index (χ3n) is 6.02. The number of hydrogen-bond acceptors (Lipinski definition) is 6. The number of pyridine rings is 1. The summed E-state index contributed by atoms with van der Waals surface area (Å²) in [6, 6.07) is 2.81. The van der Waals surface area contributed by atoms with Crippen molar-refractivity contribution in [1.82, 2.24) is 24.3 Å². The predicted octanol–water partition coefficient (Wildman–Crippen LogP) is 3.03. The first kappa shape index (κ1) is 22.1. The maximum atomic E-state index is 14.8. The number of morpholine rings is 1. The summed E-state index contributed by atoms with van der Waals surface area (Å²) >= 11 is 0. The van der Waals surface area contributed by atoms with E-state index in [4.69, 9.17) is 4.74 Å². The van der Waals surface area contributed by atoms with Crippen molar-refractivity contribution in [3.8, 4) is 11.3 Å². The molecule has 176 valence electrons. The molecule has 1 atom stereocenters. The van der Waals surface area contributed by atoms with Crippen molar-refractivity contribution in [2.45, 2.75) is 13.0 Å². The SMILES string of the molecule is Cc1nc2cc(N3CCO[C@@H](c4cnn(C)c4)C3)nc(-c3cc(F)c(F)cc3F)c2c(=O)n1C. The molecule has 0 N–H and O–H groups in total. The van der Waals surface area contributed by atoms with E-state index in [0.717, 1.165) is 5.56 Å². The van der Waals surface area contributed by atoms with Gasteiger partial charge in [0.1, 0.15) is 23.6 Å². The van der Waals surface area contributed by atoms with Crippen LogP contribution in [-0.4, -0.2) is 44.0 Å². The van der Waals surface area contributed by atoms with Crippen LogP contribution in [0.1, 0.15) is 17.5 Å².